The van der Waals surface area contributed by atoms with Crippen molar-refractivity contribution in [1.29, 1.82) is 0 Å². The van der Waals surface area contributed by atoms with Gasteiger partial charge < -0.3 is 8.83 Å². The maximum absolute atomic E-state index is 6.50. The zero-order chi connectivity index (χ0) is 28.8. The average Bonchev–Trinajstić information content (AvgIpc) is 3.63. The number of furan rings is 2. The molecule has 8 aromatic carbocycles. The first-order valence-electron chi connectivity index (χ1n) is 15.0. The van der Waals surface area contributed by atoms with Crippen LogP contribution in [0.1, 0.15) is 0 Å². The molecule has 0 spiro atoms. The smallest absolute Gasteiger partial charge is 0.136 e. The summed E-state index contributed by atoms with van der Waals surface area (Å²) in [4.78, 5) is 0. The van der Waals surface area contributed by atoms with Gasteiger partial charge in [0.25, 0.3) is 0 Å². The average molecular weight is 561 g/mol. The fourth-order valence-corrected chi connectivity index (χ4v) is 7.33. The largest absolute Gasteiger partial charge is 0.456 e. The van der Waals surface area contributed by atoms with Gasteiger partial charge in [-0.15, -0.1) is 0 Å². The van der Waals surface area contributed by atoms with E-state index in [9.17, 15) is 0 Å². The highest BCUT2D eigenvalue weighted by atomic mass is 16.3. The molecule has 2 heteroatoms. The van der Waals surface area contributed by atoms with Gasteiger partial charge in [0.1, 0.15) is 22.3 Å². The van der Waals surface area contributed by atoms with Crippen LogP contribution in [0.2, 0.25) is 0 Å². The lowest BCUT2D eigenvalue weighted by Crippen LogP contribution is -1.91. The number of benzene rings is 8. The number of para-hydroxylation sites is 1. The summed E-state index contributed by atoms with van der Waals surface area (Å²) in [7, 11) is 0. The Morgan fingerprint density at radius 1 is 0.318 bits per heavy atom. The quantitative estimate of drug-likeness (QED) is 0.197. The van der Waals surface area contributed by atoms with Gasteiger partial charge in [-0.25, -0.2) is 0 Å². The van der Waals surface area contributed by atoms with Crippen molar-refractivity contribution in [2.45, 2.75) is 0 Å². The first-order valence-corrected chi connectivity index (χ1v) is 15.0. The van der Waals surface area contributed by atoms with E-state index in [0.717, 1.165) is 43.9 Å². The molecule has 0 aliphatic carbocycles. The Morgan fingerprint density at radius 3 is 1.64 bits per heavy atom. The highest BCUT2D eigenvalue weighted by Crippen LogP contribution is 2.47. The molecule has 2 aromatic heterocycles. The zero-order valence-corrected chi connectivity index (χ0v) is 23.7. The minimum atomic E-state index is 0.905. The summed E-state index contributed by atoms with van der Waals surface area (Å²) >= 11 is 0. The molecule has 0 saturated carbocycles. The lowest BCUT2D eigenvalue weighted by atomic mass is 9.84. The predicted octanol–water partition coefficient (Wildman–Crippen LogP) is 12.3. The normalized spacial score (nSPS) is 12.1. The molecule has 0 aliphatic rings. The highest BCUT2D eigenvalue weighted by Gasteiger charge is 2.21. The van der Waals surface area contributed by atoms with Gasteiger partial charge in [0, 0.05) is 21.5 Å². The molecule has 2 heterocycles. The molecule has 44 heavy (non-hydrogen) atoms. The molecule has 0 saturated heterocycles. The molecule has 0 fully saturated rings. The second-order valence-corrected chi connectivity index (χ2v) is 11.6. The Bertz CT molecular complexity index is 2720. The van der Waals surface area contributed by atoms with Gasteiger partial charge in [0.2, 0.25) is 0 Å². The van der Waals surface area contributed by atoms with Crippen molar-refractivity contribution in [3.05, 3.63) is 146 Å². The van der Waals surface area contributed by atoms with Gasteiger partial charge in [-0.05, 0) is 91.0 Å². The van der Waals surface area contributed by atoms with Crippen LogP contribution in [0.15, 0.2) is 154 Å². The van der Waals surface area contributed by atoms with Crippen LogP contribution in [0.5, 0.6) is 0 Å². The molecule has 0 radical (unpaired) electrons. The maximum atomic E-state index is 6.50. The molecule has 0 unspecified atom stereocenters. The molecule has 0 amide bonds. The van der Waals surface area contributed by atoms with Crippen molar-refractivity contribution in [3.8, 4) is 22.3 Å². The lowest BCUT2D eigenvalue weighted by molar-refractivity contribution is 0.669. The van der Waals surface area contributed by atoms with Gasteiger partial charge in [-0.1, -0.05) is 109 Å². The zero-order valence-electron chi connectivity index (χ0n) is 23.7. The van der Waals surface area contributed by atoms with Crippen LogP contribution in [0.4, 0.5) is 0 Å². The molecular formula is C42H24O2. The van der Waals surface area contributed by atoms with Gasteiger partial charge >= 0.3 is 0 Å². The minimum absolute atomic E-state index is 0.905. The molecule has 2 nitrogen and oxygen atoms in total. The van der Waals surface area contributed by atoms with Crippen LogP contribution in [0.3, 0.4) is 0 Å². The molecule has 10 aromatic rings. The standard InChI is InChI=1S/C42H24O2/c1-2-11-26-24-39-35(22-25(26)10-1)42-33(17-9-19-38(42)44-39)41-31-15-5-3-13-29(31)40(30-14-4-6-16-32(30)41)27-20-21-37-34(23-27)28-12-7-8-18-36(28)43-37/h1-24H. The van der Waals surface area contributed by atoms with Crippen LogP contribution >= 0.6 is 0 Å². The molecule has 10 rings (SSSR count). The van der Waals surface area contributed by atoms with E-state index in [1.54, 1.807) is 0 Å². The van der Waals surface area contributed by atoms with E-state index in [0.29, 0.717) is 0 Å². The van der Waals surface area contributed by atoms with Crippen molar-refractivity contribution < 1.29 is 8.83 Å². The maximum Gasteiger partial charge on any atom is 0.136 e. The number of hydrogen-bond donors (Lipinski definition) is 0. The monoisotopic (exact) mass is 560 g/mol. The third-order valence-corrected chi connectivity index (χ3v) is 9.23. The summed E-state index contributed by atoms with van der Waals surface area (Å²) < 4.78 is 12.7. The third kappa shape index (κ3) is 3.25. The van der Waals surface area contributed by atoms with Crippen molar-refractivity contribution >= 4 is 76.2 Å². The Labute approximate surface area is 252 Å². The van der Waals surface area contributed by atoms with Gasteiger partial charge in [0.15, 0.2) is 0 Å². The molecule has 204 valence electrons. The van der Waals surface area contributed by atoms with Gasteiger partial charge in [0.05, 0.1) is 0 Å². The van der Waals surface area contributed by atoms with Crippen molar-refractivity contribution in [1.82, 2.24) is 0 Å². The van der Waals surface area contributed by atoms with E-state index in [1.807, 2.05) is 12.1 Å². The molecule has 0 atom stereocenters. The Morgan fingerprint density at radius 2 is 0.886 bits per heavy atom. The van der Waals surface area contributed by atoms with Crippen LogP contribution in [-0.4, -0.2) is 0 Å². The van der Waals surface area contributed by atoms with E-state index in [1.165, 1.54) is 54.6 Å². The first-order chi connectivity index (χ1) is 21.8. The summed E-state index contributed by atoms with van der Waals surface area (Å²) in [6.07, 6.45) is 0. The van der Waals surface area contributed by atoms with E-state index in [2.05, 4.69) is 133 Å². The lowest BCUT2D eigenvalue weighted by Gasteiger charge is -2.18. The van der Waals surface area contributed by atoms with Crippen molar-refractivity contribution in [2.24, 2.45) is 0 Å². The van der Waals surface area contributed by atoms with Crippen LogP contribution < -0.4 is 0 Å². The molecule has 0 aliphatic heterocycles. The SMILES string of the molecule is c1ccc2cc3c(cc2c1)oc1cccc(-c2c4ccccc4c(-c4ccc5oc6ccccc6c5c4)c4ccccc24)c13. The van der Waals surface area contributed by atoms with E-state index >= 15 is 0 Å². The molecular weight excluding hydrogens is 536 g/mol. The second-order valence-electron chi connectivity index (χ2n) is 11.6. The molecule has 0 bridgehead atoms. The Hall–Kier alpha value is -5.86. The molecule has 0 N–H and O–H groups in total. The summed E-state index contributed by atoms with van der Waals surface area (Å²) in [6.45, 7) is 0. The van der Waals surface area contributed by atoms with Crippen molar-refractivity contribution in [3.63, 3.8) is 0 Å². The van der Waals surface area contributed by atoms with Crippen LogP contribution in [0.25, 0.3) is 98.4 Å². The minimum Gasteiger partial charge on any atom is -0.456 e. The fraction of sp³-hybridized carbons (Fsp3) is 0. The van der Waals surface area contributed by atoms with E-state index in [4.69, 9.17) is 8.83 Å². The summed E-state index contributed by atoms with van der Waals surface area (Å²) in [6, 6.07) is 52.0. The Kier molecular flexibility index (Phi) is 4.75. The highest BCUT2D eigenvalue weighted by molar-refractivity contribution is 6.26. The van der Waals surface area contributed by atoms with Crippen molar-refractivity contribution in [2.75, 3.05) is 0 Å². The topological polar surface area (TPSA) is 26.3 Å². The first kappa shape index (κ1) is 23.7. The number of fused-ring (bicyclic) bond motifs is 9. The van der Waals surface area contributed by atoms with E-state index in [-0.39, 0.29) is 0 Å². The third-order valence-electron chi connectivity index (χ3n) is 9.23. The summed E-state index contributed by atoms with van der Waals surface area (Å²) in [5.41, 5.74) is 8.48. The van der Waals surface area contributed by atoms with Gasteiger partial charge in [-0.2, -0.15) is 0 Å². The van der Waals surface area contributed by atoms with Gasteiger partial charge in [-0.3, -0.25) is 0 Å². The number of rotatable bonds is 2. The predicted molar refractivity (Wildman–Crippen MR) is 184 cm³/mol. The Balaban J connectivity index is 1.33. The van der Waals surface area contributed by atoms with Crippen LogP contribution in [0, 0.1) is 0 Å². The number of hydrogen-bond acceptors (Lipinski definition) is 2. The van der Waals surface area contributed by atoms with E-state index < -0.39 is 0 Å². The summed E-state index contributed by atoms with van der Waals surface area (Å²) in [5.74, 6) is 0. The second kappa shape index (κ2) is 8.82. The fourth-order valence-electron chi connectivity index (χ4n) is 7.33. The van der Waals surface area contributed by atoms with Crippen LogP contribution in [-0.2, 0) is 0 Å². The summed E-state index contributed by atoms with van der Waals surface area (Å²) in [5, 5.41) is 11.9.